The molecule has 1 aromatic rings. The van der Waals surface area contributed by atoms with Crippen LogP contribution in [0.1, 0.15) is 40.0 Å². The van der Waals surface area contributed by atoms with E-state index in [4.69, 9.17) is 0 Å². The second-order valence-electron chi connectivity index (χ2n) is 4.59. The lowest BCUT2D eigenvalue weighted by Crippen LogP contribution is -2.33. The van der Waals surface area contributed by atoms with Crippen molar-refractivity contribution in [3.63, 3.8) is 0 Å². The van der Waals surface area contributed by atoms with Gasteiger partial charge in [0.05, 0.1) is 0 Å². The molecule has 0 saturated carbocycles. The van der Waals surface area contributed by atoms with Crippen LogP contribution in [0.2, 0.25) is 0 Å². The third kappa shape index (κ3) is 4.80. The summed E-state index contributed by atoms with van der Waals surface area (Å²) in [7, 11) is -3.52. The number of hydrogen-bond donors (Lipinski definition) is 2. The summed E-state index contributed by atoms with van der Waals surface area (Å²) < 4.78 is 27.3. The molecule has 0 spiro atoms. The number of nitrogens with zero attached hydrogens (tertiary/aromatic N) is 1. The van der Waals surface area contributed by atoms with Gasteiger partial charge in [0, 0.05) is 18.8 Å². The second kappa shape index (κ2) is 7.45. The largest absolute Gasteiger partial charge is 0.369 e. The lowest BCUT2D eigenvalue weighted by molar-refractivity contribution is 0.544. The van der Waals surface area contributed by atoms with E-state index in [-0.39, 0.29) is 10.9 Å². The minimum atomic E-state index is -3.52. The van der Waals surface area contributed by atoms with Crippen molar-refractivity contribution in [1.29, 1.82) is 0 Å². The molecule has 0 radical (unpaired) electrons. The van der Waals surface area contributed by atoms with Gasteiger partial charge in [0.2, 0.25) is 10.0 Å². The molecule has 1 rings (SSSR count). The van der Waals surface area contributed by atoms with E-state index in [1.165, 1.54) is 0 Å². The summed E-state index contributed by atoms with van der Waals surface area (Å²) >= 11 is 0. The van der Waals surface area contributed by atoms with Crippen molar-refractivity contribution in [2.45, 2.75) is 51.0 Å². The maximum Gasteiger partial charge on any atom is 0.244 e. The van der Waals surface area contributed by atoms with E-state index in [1.54, 1.807) is 18.3 Å². The highest BCUT2D eigenvalue weighted by Gasteiger charge is 2.21. The summed E-state index contributed by atoms with van der Waals surface area (Å²) in [5.41, 5.74) is 0. The molecule has 0 aliphatic rings. The van der Waals surface area contributed by atoms with Gasteiger partial charge in [0.25, 0.3) is 0 Å². The minimum absolute atomic E-state index is 0.0748. The number of sulfonamides is 1. The standard InChI is InChI=1S/C13H23N3O2S/c1-4-7-11(3)16-19(17,18)12-8-6-10-15-13(12)14-9-5-2/h6,8,10-11,16H,4-5,7,9H2,1-3H3,(H,14,15). The third-order valence-corrected chi connectivity index (χ3v) is 4.30. The predicted molar refractivity (Wildman–Crippen MR) is 77.7 cm³/mol. The predicted octanol–water partition coefficient (Wildman–Crippen LogP) is 2.37. The molecule has 0 fully saturated rings. The highest BCUT2D eigenvalue weighted by atomic mass is 32.2. The van der Waals surface area contributed by atoms with Crippen LogP contribution in [0.4, 0.5) is 5.82 Å². The molecule has 1 aromatic heterocycles. The van der Waals surface area contributed by atoms with Gasteiger partial charge >= 0.3 is 0 Å². The molecule has 1 unspecified atom stereocenters. The Hall–Kier alpha value is -1.14. The van der Waals surface area contributed by atoms with Crippen LogP contribution >= 0.6 is 0 Å². The average Bonchev–Trinajstić information content (AvgIpc) is 2.36. The Kier molecular flexibility index (Phi) is 6.24. The van der Waals surface area contributed by atoms with E-state index >= 15 is 0 Å². The zero-order chi connectivity index (χ0) is 14.3. The van der Waals surface area contributed by atoms with E-state index in [2.05, 4.69) is 15.0 Å². The lowest BCUT2D eigenvalue weighted by atomic mass is 10.2. The summed E-state index contributed by atoms with van der Waals surface area (Å²) in [5, 5.41) is 3.04. The van der Waals surface area contributed by atoms with Crippen LogP contribution < -0.4 is 10.0 Å². The Bertz CT molecular complexity index is 488. The van der Waals surface area contributed by atoms with Gasteiger partial charge in [-0.25, -0.2) is 18.1 Å². The Labute approximate surface area is 115 Å². The Morgan fingerprint density at radius 1 is 1.32 bits per heavy atom. The normalized spacial score (nSPS) is 13.2. The van der Waals surface area contributed by atoms with Crippen molar-refractivity contribution in [3.05, 3.63) is 18.3 Å². The Morgan fingerprint density at radius 2 is 2.05 bits per heavy atom. The number of rotatable bonds is 8. The fourth-order valence-corrected chi connectivity index (χ4v) is 3.22. The van der Waals surface area contributed by atoms with Gasteiger partial charge in [-0.1, -0.05) is 20.3 Å². The molecule has 5 nitrogen and oxygen atoms in total. The van der Waals surface area contributed by atoms with Gasteiger partial charge in [0.1, 0.15) is 10.7 Å². The van der Waals surface area contributed by atoms with Crippen LogP contribution in [0.5, 0.6) is 0 Å². The van der Waals surface area contributed by atoms with Crippen LogP contribution in [0.3, 0.4) is 0 Å². The van der Waals surface area contributed by atoms with Gasteiger partial charge in [-0.2, -0.15) is 0 Å². The number of nitrogens with one attached hydrogen (secondary N) is 2. The summed E-state index contributed by atoms with van der Waals surface area (Å²) in [6, 6.07) is 3.14. The highest BCUT2D eigenvalue weighted by molar-refractivity contribution is 7.89. The topological polar surface area (TPSA) is 71.1 Å². The van der Waals surface area contributed by atoms with Crippen molar-refractivity contribution < 1.29 is 8.42 Å². The first kappa shape index (κ1) is 15.9. The van der Waals surface area contributed by atoms with Gasteiger partial charge in [0.15, 0.2) is 0 Å². The quantitative estimate of drug-likeness (QED) is 0.769. The summed E-state index contributed by atoms with van der Waals surface area (Å²) in [5.74, 6) is 0.417. The first-order chi connectivity index (χ1) is 9.01. The van der Waals surface area contributed by atoms with Gasteiger partial charge in [-0.3, -0.25) is 0 Å². The molecular weight excluding hydrogens is 262 g/mol. The lowest BCUT2D eigenvalue weighted by Gasteiger charge is -2.15. The number of hydrogen-bond acceptors (Lipinski definition) is 4. The molecule has 6 heteroatoms. The Balaban J connectivity index is 2.94. The molecular formula is C13H23N3O2S. The molecule has 0 aliphatic carbocycles. The fourth-order valence-electron chi connectivity index (χ4n) is 1.80. The zero-order valence-electron chi connectivity index (χ0n) is 11.8. The van der Waals surface area contributed by atoms with Crippen molar-refractivity contribution in [2.75, 3.05) is 11.9 Å². The third-order valence-electron chi connectivity index (χ3n) is 2.68. The zero-order valence-corrected chi connectivity index (χ0v) is 12.6. The van der Waals surface area contributed by atoms with Gasteiger partial charge < -0.3 is 5.32 Å². The summed E-state index contributed by atoms with van der Waals surface area (Å²) in [6.45, 7) is 6.62. The van der Waals surface area contributed by atoms with Crippen LogP contribution in [-0.2, 0) is 10.0 Å². The van der Waals surface area contributed by atoms with Crippen molar-refractivity contribution in [3.8, 4) is 0 Å². The van der Waals surface area contributed by atoms with Gasteiger partial charge in [-0.05, 0) is 31.9 Å². The fraction of sp³-hybridized carbons (Fsp3) is 0.615. The van der Waals surface area contributed by atoms with E-state index in [1.807, 2.05) is 20.8 Å². The minimum Gasteiger partial charge on any atom is -0.369 e. The van der Waals surface area contributed by atoms with E-state index in [0.29, 0.717) is 12.4 Å². The van der Waals surface area contributed by atoms with Gasteiger partial charge in [-0.15, -0.1) is 0 Å². The first-order valence-electron chi connectivity index (χ1n) is 6.72. The van der Waals surface area contributed by atoms with Crippen molar-refractivity contribution in [2.24, 2.45) is 0 Å². The first-order valence-corrected chi connectivity index (χ1v) is 8.20. The average molecular weight is 285 g/mol. The second-order valence-corrected chi connectivity index (χ2v) is 6.27. The Morgan fingerprint density at radius 3 is 2.68 bits per heavy atom. The molecule has 1 atom stereocenters. The van der Waals surface area contributed by atoms with Crippen LogP contribution in [0.25, 0.3) is 0 Å². The monoisotopic (exact) mass is 285 g/mol. The summed E-state index contributed by atoms with van der Waals surface area (Å²) in [6.07, 6.45) is 4.26. The molecule has 0 bridgehead atoms. The molecule has 0 aromatic carbocycles. The smallest absolute Gasteiger partial charge is 0.244 e. The van der Waals surface area contributed by atoms with Crippen LogP contribution in [0.15, 0.2) is 23.2 Å². The maximum atomic E-state index is 12.3. The van der Waals surface area contributed by atoms with E-state index in [0.717, 1.165) is 19.3 Å². The van der Waals surface area contributed by atoms with E-state index < -0.39 is 10.0 Å². The molecule has 0 saturated heterocycles. The number of anilines is 1. The highest BCUT2D eigenvalue weighted by Crippen LogP contribution is 2.18. The number of pyridine rings is 1. The van der Waals surface area contributed by atoms with E-state index in [9.17, 15) is 8.42 Å². The molecule has 1 heterocycles. The van der Waals surface area contributed by atoms with Crippen LogP contribution in [0, 0.1) is 0 Å². The molecule has 0 aliphatic heterocycles. The molecule has 108 valence electrons. The van der Waals surface area contributed by atoms with Crippen molar-refractivity contribution >= 4 is 15.8 Å². The number of aromatic nitrogens is 1. The SMILES string of the molecule is CCCNc1ncccc1S(=O)(=O)NC(C)CCC. The molecule has 0 amide bonds. The molecule has 19 heavy (non-hydrogen) atoms. The maximum absolute atomic E-state index is 12.3. The van der Waals surface area contributed by atoms with Crippen molar-refractivity contribution in [1.82, 2.24) is 9.71 Å². The molecule has 2 N–H and O–H groups in total. The van der Waals surface area contributed by atoms with Crippen LogP contribution in [-0.4, -0.2) is 26.0 Å². The summed E-state index contributed by atoms with van der Waals surface area (Å²) in [4.78, 5) is 4.32.